The Morgan fingerprint density at radius 2 is 1.54 bits per heavy atom. The quantitative estimate of drug-likeness (QED) is 0.639. The fraction of sp³-hybridized carbons (Fsp3) is 0. The molecule has 1 aromatic carbocycles. The van der Waals surface area contributed by atoms with Crippen molar-refractivity contribution in [3.8, 4) is 0 Å². The Morgan fingerprint density at radius 1 is 0.923 bits per heavy atom. The molecule has 0 aliphatic rings. The molecule has 0 saturated heterocycles. The van der Waals surface area contributed by atoms with Crippen LogP contribution in [0.15, 0.2) is 31.9 Å². The molecule has 0 heterocycles. The van der Waals surface area contributed by atoms with Crippen molar-refractivity contribution in [2.75, 3.05) is 0 Å². The van der Waals surface area contributed by atoms with Crippen LogP contribution in [0, 0.1) is 0 Å². The summed E-state index contributed by atoms with van der Waals surface area (Å²) in [4.78, 5) is 0. The van der Waals surface area contributed by atoms with Crippen LogP contribution in [0.4, 0.5) is 0 Å². The summed E-state index contributed by atoms with van der Waals surface area (Å²) < 4.78 is 0. The minimum absolute atomic E-state index is 1.09. The molecule has 13 heavy (non-hydrogen) atoms. The molecule has 1 aromatic rings. The Morgan fingerprint density at radius 3 is 2.00 bits per heavy atom. The molecule has 1 rings (SSSR count). The average Bonchev–Trinajstić information content (AvgIpc) is 2.17. The Labute approximate surface area is 81.9 Å². The van der Waals surface area contributed by atoms with Gasteiger partial charge in [0.15, 0.2) is 0 Å². The lowest BCUT2D eigenvalue weighted by molar-refractivity contribution is 1.62. The minimum Gasteiger partial charge on any atom is -0.105 e. The molecule has 0 aliphatic carbocycles. The number of rotatable bonds is 3. The number of hydrogen-bond acceptors (Lipinski definition) is 0. The van der Waals surface area contributed by atoms with E-state index in [4.69, 9.17) is 0 Å². The molecule has 0 nitrogen and oxygen atoms in total. The summed E-state index contributed by atoms with van der Waals surface area (Å²) in [5, 5.41) is 1.13. The molecule has 0 spiro atoms. The standard InChI is InChI=1S/C12H13P/c1-4-9-7-8-12(13)11(6-3)10(9)5-2/h4-8H,1-3,13H2. The van der Waals surface area contributed by atoms with E-state index in [1.165, 1.54) is 0 Å². The molecule has 66 valence electrons. The Balaban J connectivity index is 3.53. The molecular formula is C12H13P. The van der Waals surface area contributed by atoms with Crippen molar-refractivity contribution in [1.82, 2.24) is 0 Å². The monoisotopic (exact) mass is 188 g/mol. The summed E-state index contributed by atoms with van der Waals surface area (Å²) in [6.45, 7) is 11.3. The topological polar surface area (TPSA) is 0 Å². The average molecular weight is 188 g/mol. The van der Waals surface area contributed by atoms with E-state index in [9.17, 15) is 0 Å². The van der Waals surface area contributed by atoms with Crippen molar-refractivity contribution in [1.29, 1.82) is 0 Å². The first kappa shape index (κ1) is 9.95. The maximum absolute atomic E-state index is 3.78. The van der Waals surface area contributed by atoms with Gasteiger partial charge in [-0.15, -0.1) is 9.24 Å². The van der Waals surface area contributed by atoms with Gasteiger partial charge in [-0.2, -0.15) is 0 Å². The van der Waals surface area contributed by atoms with E-state index >= 15 is 0 Å². The van der Waals surface area contributed by atoms with Crippen LogP contribution in [-0.2, 0) is 0 Å². The van der Waals surface area contributed by atoms with Gasteiger partial charge < -0.3 is 0 Å². The van der Waals surface area contributed by atoms with Crippen LogP contribution in [-0.4, -0.2) is 0 Å². The summed E-state index contributed by atoms with van der Waals surface area (Å²) in [6.07, 6.45) is 5.50. The van der Waals surface area contributed by atoms with E-state index in [0.717, 1.165) is 22.0 Å². The lowest BCUT2D eigenvalue weighted by atomic mass is 10.0. The van der Waals surface area contributed by atoms with Crippen LogP contribution < -0.4 is 5.30 Å². The van der Waals surface area contributed by atoms with Gasteiger partial charge in [-0.05, 0) is 22.0 Å². The van der Waals surface area contributed by atoms with Crippen LogP contribution >= 0.6 is 9.24 Å². The Hall–Kier alpha value is -1.13. The van der Waals surface area contributed by atoms with Gasteiger partial charge in [-0.25, -0.2) is 0 Å². The second-order valence-electron chi connectivity index (χ2n) is 2.68. The molecule has 0 saturated carbocycles. The van der Waals surface area contributed by atoms with E-state index < -0.39 is 0 Å². The number of hydrogen-bond donors (Lipinski definition) is 0. The van der Waals surface area contributed by atoms with E-state index in [2.05, 4.69) is 29.0 Å². The molecule has 0 amide bonds. The van der Waals surface area contributed by atoms with Crippen molar-refractivity contribution < 1.29 is 0 Å². The minimum atomic E-state index is 1.09. The summed E-state index contributed by atoms with van der Waals surface area (Å²) in [6, 6.07) is 4.06. The van der Waals surface area contributed by atoms with E-state index in [1.807, 2.05) is 30.4 Å². The molecule has 0 aliphatic heterocycles. The first-order valence-electron chi connectivity index (χ1n) is 4.04. The fourth-order valence-corrected chi connectivity index (χ4v) is 1.67. The van der Waals surface area contributed by atoms with Gasteiger partial charge in [-0.3, -0.25) is 0 Å². The summed E-state index contributed by atoms with van der Waals surface area (Å²) >= 11 is 0. The van der Waals surface area contributed by atoms with Crippen LogP contribution in [0.1, 0.15) is 16.7 Å². The second kappa shape index (κ2) is 4.20. The highest BCUT2D eigenvalue weighted by molar-refractivity contribution is 7.27. The van der Waals surface area contributed by atoms with Crippen molar-refractivity contribution in [2.45, 2.75) is 0 Å². The first-order chi connectivity index (χ1) is 6.24. The summed E-state index contributed by atoms with van der Waals surface area (Å²) in [7, 11) is 2.68. The normalized spacial score (nSPS) is 9.31. The van der Waals surface area contributed by atoms with Crippen LogP contribution in [0.3, 0.4) is 0 Å². The first-order valence-corrected chi connectivity index (χ1v) is 4.62. The van der Waals surface area contributed by atoms with E-state index in [0.29, 0.717) is 0 Å². The highest BCUT2D eigenvalue weighted by Gasteiger charge is 2.02. The highest BCUT2D eigenvalue weighted by Crippen LogP contribution is 2.18. The van der Waals surface area contributed by atoms with Crippen LogP contribution in [0.5, 0.6) is 0 Å². The molecule has 0 aromatic heterocycles. The summed E-state index contributed by atoms with van der Waals surface area (Å²) in [5.74, 6) is 0. The van der Waals surface area contributed by atoms with Crippen molar-refractivity contribution in [3.05, 3.63) is 48.6 Å². The van der Waals surface area contributed by atoms with Gasteiger partial charge >= 0.3 is 0 Å². The maximum Gasteiger partial charge on any atom is -0.0112 e. The van der Waals surface area contributed by atoms with Crippen LogP contribution in [0.25, 0.3) is 18.2 Å². The van der Waals surface area contributed by atoms with E-state index in [-0.39, 0.29) is 0 Å². The van der Waals surface area contributed by atoms with Crippen molar-refractivity contribution in [3.63, 3.8) is 0 Å². The lowest BCUT2D eigenvalue weighted by Crippen LogP contribution is -2.00. The third kappa shape index (κ3) is 1.79. The zero-order valence-electron chi connectivity index (χ0n) is 7.59. The molecule has 1 unspecified atom stereocenters. The predicted molar refractivity (Wildman–Crippen MR) is 66.1 cm³/mol. The zero-order valence-corrected chi connectivity index (χ0v) is 8.74. The third-order valence-corrected chi connectivity index (χ3v) is 2.49. The molecule has 1 atom stereocenters. The molecule has 1 heteroatoms. The van der Waals surface area contributed by atoms with Gasteiger partial charge in [0, 0.05) is 0 Å². The predicted octanol–water partition coefficient (Wildman–Crippen LogP) is 3.12. The summed E-state index contributed by atoms with van der Waals surface area (Å²) in [5.41, 5.74) is 3.30. The molecule has 0 bridgehead atoms. The SMILES string of the molecule is C=Cc1ccc(P)c(C=C)c1C=C. The largest absolute Gasteiger partial charge is 0.105 e. The third-order valence-electron chi connectivity index (χ3n) is 1.98. The Bertz CT molecular complexity index is 362. The van der Waals surface area contributed by atoms with Gasteiger partial charge in [-0.1, -0.05) is 50.1 Å². The fourth-order valence-electron chi connectivity index (χ4n) is 1.30. The number of benzene rings is 1. The highest BCUT2D eigenvalue weighted by atomic mass is 31.0. The van der Waals surface area contributed by atoms with Gasteiger partial charge in [0.1, 0.15) is 0 Å². The Kier molecular flexibility index (Phi) is 3.22. The molecular weight excluding hydrogens is 175 g/mol. The second-order valence-corrected chi connectivity index (χ2v) is 3.31. The smallest absolute Gasteiger partial charge is 0.0112 e. The van der Waals surface area contributed by atoms with Crippen molar-refractivity contribution >= 4 is 32.8 Å². The van der Waals surface area contributed by atoms with Gasteiger partial charge in [0.25, 0.3) is 0 Å². The molecule has 0 fully saturated rings. The zero-order chi connectivity index (χ0) is 9.84. The van der Waals surface area contributed by atoms with Gasteiger partial charge in [0.05, 0.1) is 0 Å². The maximum atomic E-state index is 3.78. The van der Waals surface area contributed by atoms with E-state index in [1.54, 1.807) is 0 Å². The van der Waals surface area contributed by atoms with Gasteiger partial charge in [0.2, 0.25) is 0 Å². The molecule has 0 radical (unpaired) electrons. The molecule has 0 N–H and O–H groups in total. The lowest BCUT2D eigenvalue weighted by Gasteiger charge is -2.08. The van der Waals surface area contributed by atoms with Crippen molar-refractivity contribution in [2.24, 2.45) is 0 Å². The van der Waals surface area contributed by atoms with Crippen LogP contribution in [0.2, 0.25) is 0 Å².